The Morgan fingerprint density at radius 1 is 1.33 bits per heavy atom. The number of carbonyl (C=O) groups is 1. The molecule has 0 saturated carbocycles. The van der Waals surface area contributed by atoms with Crippen molar-refractivity contribution in [2.24, 2.45) is 7.05 Å². The number of hydrogen-bond donors (Lipinski definition) is 1. The molecule has 7 heteroatoms. The highest BCUT2D eigenvalue weighted by Gasteiger charge is 2.12. The molecule has 110 valence electrons. The Hall–Kier alpha value is -2.15. The van der Waals surface area contributed by atoms with Gasteiger partial charge in [-0.05, 0) is 25.5 Å². The van der Waals surface area contributed by atoms with Gasteiger partial charge < -0.3 is 0 Å². The molecule has 0 unspecified atom stereocenters. The molecule has 6 nitrogen and oxygen atoms in total. The fourth-order valence-corrected chi connectivity index (χ4v) is 2.64. The molecule has 2 aromatic rings. The quantitative estimate of drug-likeness (QED) is 0.519. The number of aryl methyl sites for hydroxylation is 3. The highest BCUT2D eigenvalue weighted by Crippen LogP contribution is 2.17. The van der Waals surface area contributed by atoms with Gasteiger partial charge in [0.25, 0.3) is 0 Å². The standard InChI is InChI=1S/C14H15N3O3S/c1-8-4-5-9(2)10(6-8)11(18)7-21-14-15-12(19)13(20)16-17(14)3/h4-6H,7H2,1-3H3,(H,16,20). The Labute approximate surface area is 125 Å². The Kier molecular flexibility index (Phi) is 4.42. The maximum atomic E-state index is 12.2. The Morgan fingerprint density at radius 2 is 2.05 bits per heavy atom. The lowest BCUT2D eigenvalue weighted by atomic mass is 10.0. The van der Waals surface area contributed by atoms with Gasteiger partial charge in [0.05, 0.1) is 5.75 Å². The van der Waals surface area contributed by atoms with Crippen molar-refractivity contribution in [2.45, 2.75) is 19.0 Å². The molecule has 2 rings (SSSR count). The fraction of sp³-hybridized carbons (Fsp3) is 0.286. The van der Waals surface area contributed by atoms with E-state index in [0.717, 1.165) is 22.9 Å². The summed E-state index contributed by atoms with van der Waals surface area (Å²) in [5, 5.41) is 2.65. The molecular weight excluding hydrogens is 290 g/mol. The van der Waals surface area contributed by atoms with Crippen molar-refractivity contribution < 1.29 is 4.79 Å². The van der Waals surface area contributed by atoms with Gasteiger partial charge in [-0.15, -0.1) is 0 Å². The van der Waals surface area contributed by atoms with Crippen molar-refractivity contribution in [1.29, 1.82) is 0 Å². The monoisotopic (exact) mass is 305 g/mol. The highest BCUT2D eigenvalue weighted by atomic mass is 32.2. The van der Waals surface area contributed by atoms with Crippen molar-refractivity contribution in [1.82, 2.24) is 14.8 Å². The third-order valence-corrected chi connectivity index (χ3v) is 4.00. The van der Waals surface area contributed by atoms with E-state index in [1.54, 1.807) is 7.05 Å². The second-order valence-corrected chi connectivity index (χ2v) is 5.67. The van der Waals surface area contributed by atoms with Crippen molar-refractivity contribution in [2.75, 3.05) is 5.75 Å². The van der Waals surface area contributed by atoms with Gasteiger partial charge in [0, 0.05) is 12.6 Å². The van der Waals surface area contributed by atoms with Crippen LogP contribution in [0.25, 0.3) is 0 Å². The molecule has 0 bridgehead atoms. The average Bonchev–Trinajstić information content (AvgIpc) is 2.43. The number of aromatic amines is 1. The van der Waals surface area contributed by atoms with Gasteiger partial charge in [-0.3, -0.25) is 24.2 Å². The molecule has 1 aromatic carbocycles. The zero-order chi connectivity index (χ0) is 15.6. The van der Waals surface area contributed by atoms with Gasteiger partial charge in [-0.1, -0.05) is 29.5 Å². The first-order chi connectivity index (χ1) is 9.88. The van der Waals surface area contributed by atoms with Crippen LogP contribution in [0.3, 0.4) is 0 Å². The number of nitrogens with zero attached hydrogens (tertiary/aromatic N) is 2. The van der Waals surface area contributed by atoms with E-state index in [-0.39, 0.29) is 11.5 Å². The molecule has 0 aliphatic rings. The van der Waals surface area contributed by atoms with Gasteiger partial charge in [0.2, 0.25) is 0 Å². The summed E-state index contributed by atoms with van der Waals surface area (Å²) < 4.78 is 1.34. The first-order valence-electron chi connectivity index (χ1n) is 6.29. The third kappa shape index (κ3) is 3.49. The molecule has 0 fully saturated rings. The van der Waals surface area contributed by atoms with E-state index in [4.69, 9.17) is 0 Å². The highest BCUT2D eigenvalue weighted by molar-refractivity contribution is 7.99. The lowest BCUT2D eigenvalue weighted by molar-refractivity contribution is 0.102. The summed E-state index contributed by atoms with van der Waals surface area (Å²) in [5.74, 6) is 0.109. The first-order valence-corrected chi connectivity index (χ1v) is 7.27. The molecule has 0 saturated heterocycles. The molecular formula is C14H15N3O3S. The topological polar surface area (TPSA) is 84.8 Å². The number of hydrogen-bond acceptors (Lipinski definition) is 5. The predicted molar refractivity (Wildman–Crippen MR) is 81.1 cm³/mol. The van der Waals surface area contributed by atoms with E-state index in [2.05, 4.69) is 10.1 Å². The summed E-state index contributed by atoms with van der Waals surface area (Å²) in [6.07, 6.45) is 0. The van der Waals surface area contributed by atoms with Gasteiger partial charge in [-0.2, -0.15) is 4.98 Å². The second kappa shape index (κ2) is 6.09. The SMILES string of the molecule is Cc1ccc(C)c(C(=O)CSc2nc(=O)c(=O)[nH]n2C)c1. The van der Waals surface area contributed by atoms with Crippen LogP contribution in [0.2, 0.25) is 0 Å². The van der Waals surface area contributed by atoms with E-state index in [9.17, 15) is 14.4 Å². The summed E-state index contributed by atoms with van der Waals surface area (Å²) >= 11 is 1.12. The van der Waals surface area contributed by atoms with Crippen molar-refractivity contribution in [3.63, 3.8) is 0 Å². The van der Waals surface area contributed by atoms with Crippen LogP contribution >= 0.6 is 11.8 Å². The minimum absolute atomic E-state index is 0.0401. The second-order valence-electron chi connectivity index (χ2n) is 4.73. The number of benzene rings is 1. The van der Waals surface area contributed by atoms with Crippen LogP contribution in [-0.2, 0) is 7.05 Å². The minimum atomic E-state index is -0.852. The molecule has 0 aliphatic heterocycles. The number of thioether (sulfide) groups is 1. The van der Waals surface area contributed by atoms with Crippen molar-refractivity contribution in [3.8, 4) is 0 Å². The lowest BCUT2D eigenvalue weighted by Crippen LogP contribution is -2.34. The number of carbonyl (C=O) groups excluding carboxylic acids is 1. The Balaban J connectivity index is 2.18. The molecule has 21 heavy (non-hydrogen) atoms. The average molecular weight is 305 g/mol. The van der Waals surface area contributed by atoms with E-state index >= 15 is 0 Å². The number of ketones is 1. The molecule has 0 amide bonds. The normalized spacial score (nSPS) is 10.6. The minimum Gasteiger partial charge on any atom is -0.293 e. The number of H-pyrrole nitrogens is 1. The van der Waals surface area contributed by atoms with Gasteiger partial charge in [0.1, 0.15) is 0 Å². The zero-order valence-electron chi connectivity index (χ0n) is 12.0. The molecule has 1 heterocycles. The summed E-state index contributed by atoms with van der Waals surface area (Å²) in [6, 6.07) is 5.70. The molecule has 0 atom stereocenters. The molecule has 1 N–H and O–H groups in total. The summed E-state index contributed by atoms with van der Waals surface area (Å²) in [7, 11) is 1.57. The van der Waals surface area contributed by atoms with E-state index in [1.807, 2.05) is 32.0 Å². The van der Waals surface area contributed by atoms with E-state index in [1.165, 1.54) is 4.68 Å². The van der Waals surface area contributed by atoms with Crippen molar-refractivity contribution in [3.05, 3.63) is 55.6 Å². The molecule has 0 aliphatic carbocycles. The van der Waals surface area contributed by atoms with Crippen LogP contribution in [0.15, 0.2) is 32.9 Å². The van der Waals surface area contributed by atoms with Gasteiger partial charge in [-0.25, -0.2) is 0 Å². The van der Waals surface area contributed by atoms with Gasteiger partial charge in [0.15, 0.2) is 10.9 Å². The van der Waals surface area contributed by atoms with Crippen molar-refractivity contribution >= 4 is 17.5 Å². The van der Waals surface area contributed by atoms with Gasteiger partial charge >= 0.3 is 11.1 Å². The maximum Gasteiger partial charge on any atom is 0.339 e. The zero-order valence-corrected chi connectivity index (χ0v) is 12.8. The number of Topliss-reactive ketones (excluding diaryl/α,β-unsaturated/α-hetero) is 1. The third-order valence-electron chi connectivity index (χ3n) is 2.97. The summed E-state index contributed by atoms with van der Waals surface area (Å²) in [4.78, 5) is 38.2. The van der Waals surface area contributed by atoms with E-state index in [0.29, 0.717) is 10.7 Å². The van der Waals surface area contributed by atoms with Crippen LogP contribution < -0.4 is 11.1 Å². The lowest BCUT2D eigenvalue weighted by Gasteiger charge is -2.07. The van der Waals surface area contributed by atoms with Crippen LogP contribution in [0.1, 0.15) is 21.5 Å². The van der Waals surface area contributed by atoms with Crippen LogP contribution in [-0.4, -0.2) is 26.3 Å². The smallest absolute Gasteiger partial charge is 0.293 e. The number of rotatable bonds is 4. The van der Waals surface area contributed by atoms with E-state index < -0.39 is 11.1 Å². The number of nitrogens with one attached hydrogen (secondary N) is 1. The van der Waals surface area contributed by atoms with Crippen LogP contribution in [0.5, 0.6) is 0 Å². The first kappa shape index (κ1) is 15.2. The predicted octanol–water partition coefficient (Wildman–Crippen LogP) is 1.06. The molecule has 1 aromatic heterocycles. The molecule has 0 radical (unpaired) electrons. The fourth-order valence-electron chi connectivity index (χ4n) is 1.83. The Morgan fingerprint density at radius 3 is 2.76 bits per heavy atom. The van der Waals surface area contributed by atoms with Crippen LogP contribution in [0, 0.1) is 13.8 Å². The molecule has 0 spiro atoms. The maximum absolute atomic E-state index is 12.2. The Bertz CT molecular complexity index is 808. The van der Waals surface area contributed by atoms with Crippen LogP contribution in [0.4, 0.5) is 0 Å². The largest absolute Gasteiger partial charge is 0.339 e. The summed E-state index contributed by atoms with van der Waals surface area (Å²) in [5.41, 5.74) is 0.965. The summed E-state index contributed by atoms with van der Waals surface area (Å²) in [6.45, 7) is 3.81. The number of aromatic nitrogens is 3.